The maximum absolute atomic E-state index is 8.96. The molecule has 1 aliphatic carbocycles. The number of aliphatic hydroxyl groups excluding tert-OH is 1. The molecule has 3 nitrogen and oxygen atoms in total. The second-order valence-corrected chi connectivity index (χ2v) is 6.56. The van der Waals surface area contributed by atoms with E-state index >= 15 is 0 Å². The number of nitrogens with zero attached hydrogens (tertiary/aromatic N) is 1. The number of ether oxygens (including phenoxy) is 1. The zero-order valence-corrected chi connectivity index (χ0v) is 14.2. The quantitative estimate of drug-likeness (QED) is 0.804. The van der Waals surface area contributed by atoms with E-state index in [0.717, 1.165) is 32.4 Å². The molecule has 0 amide bonds. The predicted molar refractivity (Wildman–Crippen MR) is 96.6 cm³/mol. The van der Waals surface area contributed by atoms with Gasteiger partial charge in [-0.15, -0.1) is 0 Å². The first-order valence-corrected chi connectivity index (χ1v) is 8.89. The van der Waals surface area contributed by atoms with Crippen LogP contribution >= 0.6 is 0 Å². The first kappa shape index (κ1) is 17.2. The lowest BCUT2D eigenvalue weighted by molar-refractivity contribution is 0.0272. The van der Waals surface area contributed by atoms with E-state index in [9.17, 15) is 0 Å². The van der Waals surface area contributed by atoms with Gasteiger partial charge in [-0.05, 0) is 30.4 Å². The van der Waals surface area contributed by atoms with Crippen LogP contribution in [0.5, 0.6) is 0 Å². The van der Waals surface area contributed by atoms with Crippen molar-refractivity contribution in [1.82, 2.24) is 4.90 Å². The monoisotopic (exact) mass is 325 g/mol. The summed E-state index contributed by atoms with van der Waals surface area (Å²) in [4.78, 5) is 2.58. The summed E-state index contributed by atoms with van der Waals surface area (Å²) in [6.07, 6.45) is 3.59. The Kier molecular flexibility index (Phi) is 6.41. The molecule has 1 N–H and O–H groups in total. The van der Waals surface area contributed by atoms with Crippen molar-refractivity contribution < 1.29 is 9.84 Å². The Morgan fingerprint density at radius 2 is 1.46 bits per heavy atom. The van der Waals surface area contributed by atoms with Crippen molar-refractivity contribution in [2.24, 2.45) is 0 Å². The van der Waals surface area contributed by atoms with E-state index in [1.807, 2.05) is 0 Å². The minimum Gasteiger partial charge on any atom is -0.394 e. The summed E-state index contributed by atoms with van der Waals surface area (Å²) in [6.45, 7) is 2.49. The Labute approximate surface area is 144 Å². The van der Waals surface area contributed by atoms with E-state index < -0.39 is 0 Å². The van der Waals surface area contributed by atoms with E-state index in [1.54, 1.807) is 0 Å². The lowest BCUT2D eigenvalue weighted by Crippen LogP contribution is -2.33. The zero-order valence-electron chi connectivity index (χ0n) is 14.2. The topological polar surface area (TPSA) is 32.7 Å². The van der Waals surface area contributed by atoms with E-state index in [2.05, 4.69) is 65.6 Å². The average Bonchev–Trinajstić information content (AvgIpc) is 3.10. The van der Waals surface area contributed by atoms with Gasteiger partial charge >= 0.3 is 0 Å². The highest BCUT2D eigenvalue weighted by Gasteiger charge is 2.29. The van der Waals surface area contributed by atoms with Gasteiger partial charge in [0.25, 0.3) is 0 Å². The van der Waals surface area contributed by atoms with E-state index in [0.29, 0.717) is 12.6 Å². The van der Waals surface area contributed by atoms with Gasteiger partial charge in [0.2, 0.25) is 0 Å². The molecule has 1 saturated carbocycles. The summed E-state index contributed by atoms with van der Waals surface area (Å²) in [5.74, 6) is 0. The molecule has 128 valence electrons. The maximum Gasteiger partial charge on any atom is 0.0701 e. The number of hydrogen-bond acceptors (Lipinski definition) is 3. The summed E-state index contributed by atoms with van der Waals surface area (Å²) in [6, 6.07) is 21.9. The van der Waals surface area contributed by atoms with Crippen LogP contribution in [0.2, 0.25) is 0 Å². The fraction of sp³-hybridized carbons (Fsp3) is 0.429. The van der Waals surface area contributed by atoms with Gasteiger partial charge < -0.3 is 9.84 Å². The van der Waals surface area contributed by atoms with Gasteiger partial charge in [0.1, 0.15) is 0 Å². The maximum atomic E-state index is 8.96. The van der Waals surface area contributed by atoms with Crippen molar-refractivity contribution >= 4 is 0 Å². The SMILES string of the molecule is OCCOC1CCC(N(Cc2ccccc2)Cc2ccccc2)C1. The third-order valence-corrected chi connectivity index (χ3v) is 4.78. The van der Waals surface area contributed by atoms with Crippen molar-refractivity contribution in [2.45, 2.75) is 44.5 Å². The fourth-order valence-corrected chi connectivity index (χ4v) is 3.57. The van der Waals surface area contributed by atoms with Gasteiger partial charge in [-0.2, -0.15) is 0 Å². The predicted octanol–water partition coefficient (Wildman–Crippen LogP) is 3.62. The van der Waals surface area contributed by atoms with Crippen molar-refractivity contribution in [2.75, 3.05) is 13.2 Å². The second kappa shape index (κ2) is 8.97. The second-order valence-electron chi connectivity index (χ2n) is 6.56. The summed E-state index contributed by atoms with van der Waals surface area (Å²) in [7, 11) is 0. The van der Waals surface area contributed by atoms with Crippen LogP contribution in [-0.4, -0.2) is 35.4 Å². The molecule has 0 bridgehead atoms. The smallest absolute Gasteiger partial charge is 0.0701 e. The summed E-state index contributed by atoms with van der Waals surface area (Å²) >= 11 is 0. The molecule has 0 saturated heterocycles. The Morgan fingerprint density at radius 3 is 2.00 bits per heavy atom. The normalized spacial score (nSPS) is 20.6. The van der Waals surface area contributed by atoms with Crippen LogP contribution in [0.4, 0.5) is 0 Å². The Bertz CT molecular complexity index is 546. The molecule has 2 aromatic carbocycles. The Balaban J connectivity index is 1.67. The van der Waals surface area contributed by atoms with Gasteiger partial charge in [-0.1, -0.05) is 60.7 Å². The van der Waals surface area contributed by atoms with Crippen molar-refractivity contribution in [3.05, 3.63) is 71.8 Å². The van der Waals surface area contributed by atoms with Crippen LogP contribution in [0.1, 0.15) is 30.4 Å². The first-order valence-electron chi connectivity index (χ1n) is 8.89. The van der Waals surface area contributed by atoms with E-state index in [-0.39, 0.29) is 12.7 Å². The molecule has 0 heterocycles. The lowest BCUT2D eigenvalue weighted by atomic mass is 10.1. The third-order valence-electron chi connectivity index (χ3n) is 4.78. The van der Waals surface area contributed by atoms with Crippen molar-refractivity contribution in [3.63, 3.8) is 0 Å². The fourth-order valence-electron chi connectivity index (χ4n) is 3.57. The van der Waals surface area contributed by atoms with Crippen molar-refractivity contribution in [3.8, 4) is 0 Å². The molecule has 0 aliphatic heterocycles. The third kappa shape index (κ3) is 4.91. The molecule has 3 rings (SSSR count). The van der Waals surface area contributed by atoms with Gasteiger partial charge in [0, 0.05) is 19.1 Å². The van der Waals surface area contributed by atoms with Crippen molar-refractivity contribution in [1.29, 1.82) is 0 Å². The largest absolute Gasteiger partial charge is 0.394 e. The highest BCUT2D eigenvalue weighted by atomic mass is 16.5. The molecule has 1 fully saturated rings. The Morgan fingerprint density at radius 1 is 0.875 bits per heavy atom. The van der Waals surface area contributed by atoms with Crippen LogP contribution < -0.4 is 0 Å². The molecule has 0 radical (unpaired) electrons. The van der Waals surface area contributed by atoms with Gasteiger partial charge in [0.05, 0.1) is 19.3 Å². The van der Waals surface area contributed by atoms with Crippen LogP contribution in [0.25, 0.3) is 0 Å². The minimum absolute atomic E-state index is 0.110. The molecule has 2 atom stereocenters. The zero-order chi connectivity index (χ0) is 16.6. The molecule has 3 heteroatoms. The van der Waals surface area contributed by atoms with Gasteiger partial charge in [0.15, 0.2) is 0 Å². The number of hydrogen-bond donors (Lipinski definition) is 1. The number of benzene rings is 2. The van der Waals surface area contributed by atoms with Crippen LogP contribution in [0, 0.1) is 0 Å². The molecule has 0 spiro atoms. The minimum atomic E-state index is 0.110. The molecule has 1 aliphatic rings. The first-order chi connectivity index (χ1) is 11.8. The molecular weight excluding hydrogens is 298 g/mol. The summed E-state index contributed by atoms with van der Waals surface area (Å²) < 4.78 is 5.76. The molecular formula is C21H27NO2. The average molecular weight is 325 g/mol. The van der Waals surface area contributed by atoms with E-state index in [1.165, 1.54) is 11.1 Å². The molecule has 24 heavy (non-hydrogen) atoms. The molecule has 0 aromatic heterocycles. The standard InChI is InChI=1S/C21H27NO2/c23-13-14-24-21-12-11-20(15-21)22(16-18-7-3-1-4-8-18)17-19-9-5-2-6-10-19/h1-10,20-21,23H,11-17H2. The highest BCUT2D eigenvalue weighted by molar-refractivity contribution is 5.17. The summed E-state index contributed by atoms with van der Waals surface area (Å²) in [5, 5.41) is 8.96. The van der Waals surface area contributed by atoms with E-state index in [4.69, 9.17) is 9.84 Å². The van der Waals surface area contributed by atoms with Crippen LogP contribution in [0.15, 0.2) is 60.7 Å². The van der Waals surface area contributed by atoms with Crippen LogP contribution in [0.3, 0.4) is 0 Å². The number of rotatable bonds is 8. The highest BCUT2D eigenvalue weighted by Crippen LogP contribution is 2.29. The lowest BCUT2D eigenvalue weighted by Gasteiger charge is -2.29. The Hall–Kier alpha value is -1.68. The molecule has 2 aromatic rings. The molecule has 2 unspecified atom stereocenters. The van der Waals surface area contributed by atoms with Gasteiger partial charge in [-0.25, -0.2) is 0 Å². The van der Waals surface area contributed by atoms with Gasteiger partial charge in [-0.3, -0.25) is 4.90 Å². The number of aliphatic hydroxyl groups is 1. The summed E-state index contributed by atoms with van der Waals surface area (Å²) in [5.41, 5.74) is 2.71. The van der Waals surface area contributed by atoms with Crippen LogP contribution in [-0.2, 0) is 17.8 Å².